The van der Waals surface area contributed by atoms with Crippen molar-refractivity contribution in [1.82, 2.24) is 15.0 Å². The van der Waals surface area contributed by atoms with Gasteiger partial charge in [-0.2, -0.15) is 15.0 Å². The summed E-state index contributed by atoms with van der Waals surface area (Å²) in [6, 6.07) is 9.19. The lowest BCUT2D eigenvalue weighted by Crippen LogP contribution is -2.33. The monoisotopic (exact) mass is 338 g/mol. The number of benzene rings is 1. The van der Waals surface area contributed by atoms with Gasteiger partial charge >= 0.3 is 0 Å². The Morgan fingerprint density at radius 2 is 1.84 bits per heavy atom. The molecular weight excluding hydrogens is 312 g/mol. The predicted molar refractivity (Wildman–Crippen MR) is 101 cm³/mol. The molecule has 1 saturated carbocycles. The summed E-state index contributed by atoms with van der Waals surface area (Å²) in [6.07, 6.45) is 3.45. The molecule has 0 bridgehead atoms. The lowest BCUT2D eigenvalue weighted by atomic mass is 10.0. The Morgan fingerprint density at radius 3 is 2.56 bits per heavy atom. The second kappa shape index (κ2) is 6.86. The van der Waals surface area contributed by atoms with E-state index in [1.165, 1.54) is 24.0 Å². The molecule has 1 aliphatic carbocycles. The number of fused-ring (bicyclic) bond motifs is 1. The van der Waals surface area contributed by atoms with Gasteiger partial charge in [0.2, 0.25) is 17.8 Å². The summed E-state index contributed by atoms with van der Waals surface area (Å²) in [5, 5.41) is 3.44. The van der Waals surface area contributed by atoms with E-state index < -0.39 is 0 Å². The highest BCUT2D eigenvalue weighted by molar-refractivity contribution is 5.48. The van der Waals surface area contributed by atoms with Gasteiger partial charge in [-0.25, -0.2) is 0 Å². The van der Waals surface area contributed by atoms with Crippen molar-refractivity contribution >= 4 is 17.8 Å². The van der Waals surface area contributed by atoms with Crippen LogP contribution >= 0.6 is 0 Å². The van der Waals surface area contributed by atoms with Crippen LogP contribution in [0.5, 0.6) is 0 Å². The molecule has 0 spiro atoms. The van der Waals surface area contributed by atoms with Crippen LogP contribution in [-0.4, -0.2) is 40.6 Å². The van der Waals surface area contributed by atoms with Crippen molar-refractivity contribution in [2.75, 3.05) is 34.8 Å². The lowest BCUT2D eigenvalue weighted by Gasteiger charge is -2.30. The number of rotatable bonds is 6. The number of aromatic nitrogens is 3. The van der Waals surface area contributed by atoms with E-state index in [9.17, 15) is 0 Å². The van der Waals surface area contributed by atoms with Crippen LogP contribution in [0.2, 0.25) is 0 Å². The molecule has 1 aliphatic heterocycles. The van der Waals surface area contributed by atoms with Crippen LogP contribution in [0, 0.1) is 0 Å². The Morgan fingerprint density at radius 1 is 1.08 bits per heavy atom. The molecule has 0 unspecified atom stereocenters. The van der Waals surface area contributed by atoms with Crippen molar-refractivity contribution < 1.29 is 0 Å². The first kappa shape index (κ1) is 16.1. The van der Waals surface area contributed by atoms with Crippen molar-refractivity contribution in [2.45, 2.75) is 45.7 Å². The minimum absolute atomic E-state index is 0.530. The van der Waals surface area contributed by atoms with Crippen LogP contribution in [0.3, 0.4) is 0 Å². The van der Waals surface area contributed by atoms with E-state index in [2.05, 4.69) is 58.2 Å². The topological polar surface area (TPSA) is 57.2 Å². The summed E-state index contributed by atoms with van der Waals surface area (Å²) in [5.41, 5.74) is 2.81. The third-order valence-electron chi connectivity index (χ3n) is 4.98. The summed E-state index contributed by atoms with van der Waals surface area (Å²) in [7, 11) is 0. The Hall–Kier alpha value is -2.37. The van der Waals surface area contributed by atoms with Crippen LogP contribution in [0.4, 0.5) is 17.8 Å². The molecule has 1 fully saturated rings. The molecular formula is C19H26N6. The van der Waals surface area contributed by atoms with Crippen molar-refractivity contribution in [2.24, 2.45) is 0 Å². The molecule has 1 aromatic heterocycles. The third-order valence-corrected chi connectivity index (χ3v) is 4.98. The Labute approximate surface area is 149 Å². The molecule has 6 heteroatoms. The average molecular weight is 338 g/mol. The second-order valence-corrected chi connectivity index (χ2v) is 6.79. The maximum Gasteiger partial charge on any atom is 0.232 e. The van der Waals surface area contributed by atoms with E-state index in [1.54, 1.807) is 0 Å². The van der Waals surface area contributed by atoms with Gasteiger partial charge in [0.05, 0.1) is 0 Å². The molecule has 2 aliphatic rings. The minimum atomic E-state index is 0.530. The fourth-order valence-corrected chi connectivity index (χ4v) is 3.28. The van der Waals surface area contributed by atoms with Gasteiger partial charge in [0.1, 0.15) is 0 Å². The smallest absolute Gasteiger partial charge is 0.232 e. The maximum absolute atomic E-state index is 4.79. The van der Waals surface area contributed by atoms with Gasteiger partial charge in [-0.3, -0.25) is 0 Å². The first-order valence-corrected chi connectivity index (χ1v) is 9.36. The molecule has 6 nitrogen and oxygen atoms in total. The van der Waals surface area contributed by atoms with E-state index in [1.807, 2.05) is 0 Å². The van der Waals surface area contributed by atoms with Gasteiger partial charge in [-0.15, -0.1) is 0 Å². The maximum atomic E-state index is 4.79. The van der Waals surface area contributed by atoms with Gasteiger partial charge in [0.15, 0.2) is 0 Å². The Bertz CT molecular complexity index is 738. The SMILES string of the molecule is CCN(CC)c1nc(NC2CC2)nc(N2CCc3ccccc3C2)n1. The Balaban J connectivity index is 1.64. The summed E-state index contributed by atoms with van der Waals surface area (Å²) in [6.45, 7) is 7.87. The molecule has 25 heavy (non-hydrogen) atoms. The number of anilines is 3. The largest absolute Gasteiger partial charge is 0.351 e. The van der Waals surface area contributed by atoms with Gasteiger partial charge in [0, 0.05) is 32.2 Å². The first-order valence-electron chi connectivity index (χ1n) is 9.36. The van der Waals surface area contributed by atoms with Crippen LogP contribution in [0.1, 0.15) is 37.8 Å². The second-order valence-electron chi connectivity index (χ2n) is 6.79. The first-order chi connectivity index (χ1) is 12.3. The van der Waals surface area contributed by atoms with E-state index in [-0.39, 0.29) is 0 Å². The van der Waals surface area contributed by atoms with E-state index in [0.717, 1.165) is 44.5 Å². The minimum Gasteiger partial charge on any atom is -0.351 e. The third kappa shape index (κ3) is 3.52. The molecule has 0 radical (unpaired) electrons. The van der Waals surface area contributed by atoms with Crippen LogP contribution in [-0.2, 0) is 13.0 Å². The standard InChI is InChI=1S/C19H26N6/c1-3-24(4-2)18-21-17(20-16-9-10-16)22-19(23-18)25-12-11-14-7-5-6-8-15(14)13-25/h5-8,16H,3-4,9-13H2,1-2H3,(H,20,21,22,23). The number of nitrogens with zero attached hydrogens (tertiary/aromatic N) is 5. The van der Waals surface area contributed by atoms with Crippen LogP contribution < -0.4 is 15.1 Å². The van der Waals surface area contributed by atoms with Crippen molar-refractivity contribution in [3.8, 4) is 0 Å². The van der Waals surface area contributed by atoms with Crippen molar-refractivity contribution in [3.05, 3.63) is 35.4 Å². The van der Waals surface area contributed by atoms with Gasteiger partial charge < -0.3 is 15.1 Å². The number of nitrogens with one attached hydrogen (secondary N) is 1. The molecule has 0 atom stereocenters. The summed E-state index contributed by atoms with van der Waals surface area (Å²) in [5.74, 6) is 2.28. The fraction of sp³-hybridized carbons (Fsp3) is 0.526. The quantitative estimate of drug-likeness (QED) is 0.874. The Kier molecular flexibility index (Phi) is 4.42. The lowest BCUT2D eigenvalue weighted by molar-refractivity contribution is 0.699. The zero-order chi connectivity index (χ0) is 17.2. The summed E-state index contributed by atoms with van der Waals surface area (Å²) >= 11 is 0. The van der Waals surface area contributed by atoms with Crippen molar-refractivity contribution in [1.29, 1.82) is 0 Å². The normalized spacial score (nSPS) is 16.5. The van der Waals surface area contributed by atoms with Gasteiger partial charge in [-0.1, -0.05) is 24.3 Å². The summed E-state index contributed by atoms with van der Waals surface area (Å²) < 4.78 is 0. The molecule has 132 valence electrons. The summed E-state index contributed by atoms with van der Waals surface area (Å²) in [4.78, 5) is 18.6. The average Bonchev–Trinajstić information content (AvgIpc) is 3.46. The van der Waals surface area contributed by atoms with Crippen LogP contribution in [0.25, 0.3) is 0 Å². The number of hydrogen-bond acceptors (Lipinski definition) is 6. The fourth-order valence-electron chi connectivity index (χ4n) is 3.28. The predicted octanol–water partition coefficient (Wildman–Crippen LogP) is 2.85. The number of hydrogen-bond donors (Lipinski definition) is 1. The molecule has 1 N–H and O–H groups in total. The van der Waals surface area contributed by atoms with Crippen molar-refractivity contribution in [3.63, 3.8) is 0 Å². The molecule has 2 heterocycles. The van der Waals surface area contributed by atoms with E-state index in [0.29, 0.717) is 12.0 Å². The van der Waals surface area contributed by atoms with Gasteiger partial charge in [0.25, 0.3) is 0 Å². The van der Waals surface area contributed by atoms with Crippen LogP contribution in [0.15, 0.2) is 24.3 Å². The van der Waals surface area contributed by atoms with E-state index in [4.69, 9.17) is 9.97 Å². The zero-order valence-corrected chi connectivity index (χ0v) is 15.1. The molecule has 0 saturated heterocycles. The van der Waals surface area contributed by atoms with Gasteiger partial charge in [-0.05, 0) is 44.2 Å². The zero-order valence-electron chi connectivity index (χ0n) is 15.1. The van der Waals surface area contributed by atoms with E-state index >= 15 is 0 Å². The molecule has 0 amide bonds. The highest BCUT2D eigenvalue weighted by Crippen LogP contribution is 2.27. The molecule has 4 rings (SSSR count). The highest BCUT2D eigenvalue weighted by Gasteiger charge is 2.25. The molecule has 1 aromatic carbocycles. The molecule has 2 aromatic rings. The highest BCUT2D eigenvalue weighted by atomic mass is 15.4.